The summed E-state index contributed by atoms with van der Waals surface area (Å²) in [5.41, 5.74) is 4.82. The Morgan fingerprint density at radius 1 is 0.962 bits per heavy atom. The van der Waals surface area contributed by atoms with E-state index in [0.717, 1.165) is 0 Å². The second kappa shape index (κ2) is 8.83. The minimum Gasteiger partial charge on any atom is -0.449 e. The van der Waals surface area contributed by atoms with Crippen LogP contribution in [0.15, 0.2) is 48.5 Å². The quantitative estimate of drug-likeness (QED) is 0.729. The molecular weight excluding hydrogens is 330 g/mol. The van der Waals surface area contributed by atoms with Gasteiger partial charge in [-0.3, -0.25) is 0 Å². The summed E-state index contributed by atoms with van der Waals surface area (Å²) in [6, 6.07) is 16.5. The van der Waals surface area contributed by atoms with E-state index in [0.29, 0.717) is 19.8 Å². The zero-order valence-electron chi connectivity index (χ0n) is 15.2. The second-order valence-corrected chi connectivity index (χ2v) is 6.05. The molecule has 2 aromatic rings. The lowest BCUT2D eigenvalue weighted by molar-refractivity contribution is -0.132. The van der Waals surface area contributed by atoms with Gasteiger partial charge in [-0.15, -0.1) is 0 Å². The lowest BCUT2D eigenvalue weighted by atomic mass is 9.98. The molecule has 1 N–H and O–H groups in total. The Morgan fingerprint density at radius 2 is 1.50 bits per heavy atom. The van der Waals surface area contributed by atoms with Gasteiger partial charge in [0.05, 0.1) is 6.54 Å². The van der Waals surface area contributed by atoms with Crippen molar-refractivity contribution in [3.05, 3.63) is 59.7 Å². The first kappa shape index (κ1) is 18.4. The van der Waals surface area contributed by atoms with Gasteiger partial charge < -0.3 is 19.5 Å². The van der Waals surface area contributed by atoms with Crippen LogP contribution in [0.3, 0.4) is 0 Å². The molecule has 2 aromatic carbocycles. The van der Waals surface area contributed by atoms with Crippen molar-refractivity contribution >= 4 is 6.09 Å². The van der Waals surface area contributed by atoms with Crippen LogP contribution >= 0.6 is 0 Å². The first-order chi connectivity index (χ1) is 12.7. The zero-order chi connectivity index (χ0) is 18.4. The predicted molar refractivity (Wildman–Crippen MR) is 100 cm³/mol. The third-order valence-corrected chi connectivity index (χ3v) is 4.46. The fraction of sp³-hybridized carbons (Fsp3) is 0.381. The summed E-state index contributed by atoms with van der Waals surface area (Å²) >= 11 is 0. The molecule has 0 atom stereocenters. The van der Waals surface area contributed by atoms with Crippen LogP contribution in [0.25, 0.3) is 11.1 Å². The van der Waals surface area contributed by atoms with Gasteiger partial charge in [-0.25, -0.2) is 4.79 Å². The van der Waals surface area contributed by atoms with Crippen molar-refractivity contribution < 1.29 is 19.0 Å². The molecule has 0 heterocycles. The Balaban J connectivity index is 1.60. The molecule has 0 spiro atoms. The molecule has 1 amide bonds. The molecule has 138 valence electrons. The lowest BCUT2D eigenvalue weighted by Gasteiger charge is -2.18. The maximum Gasteiger partial charge on any atom is 0.407 e. The van der Waals surface area contributed by atoms with Gasteiger partial charge in [-0.05, 0) is 36.1 Å². The van der Waals surface area contributed by atoms with Crippen LogP contribution in [-0.2, 0) is 14.2 Å². The predicted octanol–water partition coefficient (Wildman–Crippen LogP) is 3.92. The highest BCUT2D eigenvalue weighted by molar-refractivity contribution is 5.79. The van der Waals surface area contributed by atoms with E-state index in [1.807, 2.05) is 38.1 Å². The van der Waals surface area contributed by atoms with Crippen molar-refractivity contribution in [1.29, 1.82) is 0 Å². The van der Waals surface area contributed by atoms with E-state index in [9.17, 15) is 4.79 Å². The van der Waals surface area contributed by atoms with Gasteiger partial charge in [0.1, 0.15) is 6.61 Å². The smallest absolute Gasteiger partial charge is 0.407 e. The van der Waals surface area contributed by atoms with E-state index in [2.05, 4.69) is 29.6 Å². The van der Waals surface area contributed by atoms with Gasteiger partial charge in [0, 0.05) is 19.1 Å². The second-order valence-electron chi connectivity index (χ2n) is 6.05. The number of ether oxygens (including phenoxy) is 3. The summed E-state index contributed by atoms with van der Waals surface area (Å²) in [6.07, 6.45) is -0.915. The molecule has 0 radical (unpaired) electrons. The monoisotopic (exact) mass is 355 g/mol. The zero-order valence-corrected chi connectivity index (χ0v) is 15.2. The Morgan fingerprint density at radius 3 is 2.04 bits per heavy atom. The number of hydrogen-bond donors (Lipinski definition) is 1. The standard InChI is InChI=1S/C21H25NO4/c1-3-24-20(25-4-2)13-22-21(23)26-14-19-17-11-7-5-9-15(17)16-10-6-8-12-18(16)19/h5-12,19-20H,3-4,13-14H2,1-2H3,(H,22,23). The van der Waals surface area contributed by atoms with Crippen molar-refractivity contribution in [2.75, 3.05) is 26.4 Å². The molecule has 5 heteroatoms. The van der Waals surface area contributed by atoms with Crippen LogP contribution < -0.4 is 5.32 Å². The Labute approximate surface area is 154 Å². The van der Waals surface area contributed by atoms with Gasteiger partial charge in [-0.1, -0.05) is 48.5 Å². The molecule has 26 heavy (non-hydrogen) atoms. The first-order valence-electron chi connectivity index (χ1n) is 9.06. The van der Waals surface area contributed by atoms with E-state index >= 15 is 0 Å². The average molecular weight is 355 g/mol. The highest BCUT2D eigenvalue weighted by atomic mass is 16.7. The maximum atomic E-state index is 12.1. The van der Waals surface area contributed by atoms with Crippen molar-refractivity contribution in [1.82, 2.24) is 5.32 Å². The molecule has 0 fully saturated rings. The van der Waals surface area contributed by atoms with Crippen LogP contribution in [-0.4, -0.2) is 38.7 Å². The van der Waals surface area contributed by atoms with E-state index in [-0.39, 0.29) is 12.5 Å². The first-order valence-corrected chi connectivity index (χ1v) is 9.06. The Bertz CT molecular complexity index is 695. The van der Waals surface area contributed by atoms with E-state index in [1.165, 1.54) is 22.3 Å². The van der Waals surface area contributed by atoms with E-state index < -0.39 is 12.4 Å². The molecule has 0 aromatic heterocycles. The SMILES string of the molecule is CCOC(CNC(=O)OCC1c2ccccc2-c2ccccc21)OCC. The molecule has 0 saturated heterocycles. The number of carbonyl (C=O) groups excluding carboxylic acids is 1. The van der Waals surface area contributed by atoms with Crippen molar-refractivity contribution in [2.24, 2.45) is 0 Å². The molecule has 0 bridgehead atoms. The van der Waals surface area contributed by atoms with Crippen molar-refractivity contribution in [2.45, 2.75) is 26.1 Å². The largest absolute Gasteiger partial charge is 0.449 e. The van der Waals surface area contributed by atoms with Gasteiger partial charge >= 0.3 is 6.09 Å². The number of hydrogen-bond acceptors (Lipinski definition) is 4. The minimum absolute atomic E-state index is 0.0581. The molecule has 1 aliphatic carbocycles. The van der Waals surface area contributed by atoms with Gasteiger partial charge in [0.25, 0.3) is 0 Å². The number of carbonyl (C=O) groups is 1. The average Bonchev–Trinajstić information content (AvgIpc) is 2.99. The molecule has 3 rings (SSSR count). The van der Waals surface area contributed by atoms with Crippen LogP contribution in [0.1, 0.15) is 30.9 Å². The number of benzene rings is 2. The molecule has 1 aliphatic rings. The molecular formula is C21H25NO4. The molecule has 0 saturated carbocycles. The van der Waals surface area contributed by atoms with E-state index in [4.69, 9.17) is 14.2 Å². The van der Waals surface area contributed by atoms with Gasteiger partial charge in [0.2, 0.25) is 0 Å². The highest BCUT2D eigenvalue weighted by Gasteiger charge is 2.29. The molecule has 0 aliphatic heterocycles. The number of amides is 1. The third kappa shape index (κ3) is 4.06. The number of rotatable bonds is 8. The normalized spacial score (nSPS) is 12.7. The minimum atomic E-state index is -0.462. The van der Waals surface area contributed by atoms with Crippen LogP contribution in [0, 0.1) is 0 Å². The highest BCUT2D eigenvalue weighted by Crippen LogP contribution is 2.44. The van der Waals surface area contributed by atoms with Crippen LogP contribution in [0.4, 0.5) is 4.79 Å². The lowest BCUT2D eigenvalue weighted by Crippen LogP contribution is -2.36. The topological polar surface area (TPSA) is 56.8 Å². The number of nitrogens with one attached hydrogen (secondary N) is 1. The summed E-state index contributed by atoms with van der Waals surface area (Å²) < 4.78 is 16.3. The summed E-state index contributed by atoms with van der Waals surface area (Å²) in [4.78, 5) is 12.1. The number of fused-ring (bicyclic) bond motifs is 3. The van der Waals surface area contributed by atoms with Crippen LogP contribution in [0.2, 0.25) is 0 Å². The Kier molecular flexibility index (Phi) is 6.26. The molecule has 0 unspecified atom stereocenters. The van der Waals surface area contributed by atoms with Crippen molar-refractivity contribution in [3.8, 4) is 11.1 Å². The maximum absolute atomic E-state index is 12.1. The molecule has 5 nitrogen and oxygen atoms in total. The summed E-state index contributed by atoms with van der Waals surface area (Å²) in [5.74, 6) is 0.0581. The van der Waals surface area contributed by atoms with E-state index in [1.54, 1.807) is 0 Å². The summed E-state index contributed by atoms with van der Waals surface area (Å²) in [7, 11) is 0. The summed E-state index contributed by atoms with van der Waals surface area (Å²) in [6.45, 7) is 5.39. The fourth-order valence-corrected chi connectivity index (χ4v) is 3.35. The van der Waals surface area contributed by atoms with Crippen molar-refractivity contribution in [3.63, 3.8) is 0 Å². The third-order valence-electron chi connectivity index (χ3n) is 4.46. The van der Waals surface area contributed by atoms with Gasteiger partial charge in [0.15, 0.2) is 6.29 Å². The summed E-state index contributed by atoms with van der Waals surface area (Å²) in [5, 5.41) is 2.71. The number of alkyl carbamates (subject to hydrolysis) is 1. The van der Waals surface area contributed by atoms with Gasteiger partial charge in [-0.2, -0.15) is 0 Å². The van der Waals surface area contributed by atoms with Crippen LogP contribution in [0.5, 0.6) is 0 Å². The Hall–Kier alpha value is -2.37. The fourth-order valence-electron chi connectivity index (χ4n) is 3.35.